The third-order valence-corrected chi connectivity index (χ3v) is 5.00. The second kappa shape index (κ2) is 6.38. The van der Waals surface area contributed by atoms with Crippen LogP contribution in [0.5, 0.6) is 5.75 Å². The Morgan fingerprint density at radius 1 is 1.04 bits per heavy atom. The molecule has 0 radical (unpaired) electrons. The maximum atomic E-state index is 12.3. The van der Waals surface area contributed by atoms with Crippen molar-refractivity contribution < 1.29 is 35.9 Å². The number of carbonyl (C=O) groups excluding carboxylic acids is 2. The van der Waals surface area contributed by atoms with Gasteiger partial charge in [0.2, 0.25) is 0 Å². The van der Waals surface area contributed by atoms with E-state index in [4.69, 9.17) is 0 Å². The molecule has 0 unspecified atom stereocenters. The number of halogens is 3. The number of anilines is 1. The van der Waals surface area contributed by atoms with Gasteiger partial charge >= 0.3 is 6.36 Å². The molecule has 1 aliphatic heterocycles. The van der Waals surface area contributed by atoms with Gasteiger partial charge in [0.1, 0.15) is 5.75 Å². The molecule has 6 nitrogen and oxygen atoms in total. The van der Waals surface area contributed by atoms with Gasteiger partial charge in [0.15, 0.2) is 9.84 Å². The van der Waals surface area contributed by atoms with Crippen LogP contribution in [0, 0.1) is 0 Å². The molecule has 0 bridgehead atoms. The number of Topliss-reactive ketones (excluding diaryl/α,β-unsaturated/α-hetero) is 1. The summed E-state index contributed by atoms with van der Waals surface area (Å²) in [6, 6.07) is 8.81. The molecule has 1 heterocycles. The summed E-state index contributed by atoms with van der Waals surface area (Å²) >= 11 is 0. The highest BCUT2D eigenvalue weighted by atomic mass is 32.2. The highest BCUT2D eigenvalue weighted by molar-refractivity contribution is 7.90. The Bertz CT molecular complexity index is 1030. The summed E-state index contributed by atoms with van der Waals surface area (Å²) in [5.41, 5.74) is 0.522. The predicted molar refractivity (Wildman–Crippen MR) is 88.2 cm³/mol. The third kappa shape index (κ3) is 3.95. The zero-order chi connectivity index (χ0) is 20.0. The van der Waals surface area contributed by atoms with Gasteiger partial charge in [-0.3, -0.25) is 9.59 Å². The van der Waals surface area contributed by atoms with Crippen LogP contribution in [0.4, 0.5) is 18.9 Å². The number of amides is 1. The van der Waals surface area contributed by atoms with E-state index in [0.29, 0.717) is 5.56 Å². The molecule has 0 aromatic heterocycles. The van der Waals surface area contributed by atoms with Crippen LogP contribution in [0.3, 0.4) is 0 Å². The Labute approximate surface area is 152 Å². The van der Waals surface area contributed by atoms with Crippen molar-refractivity contribution in [2.45, 2.75) is 17.8 Å². The molecule has 1 amide bonds. The van der Waals surface area contributed by atoms with Crippen LogP contribution in [0.1, 0.15) is 15.9 Å². The highest BCUT2D eigenvalue weighted by Crippen LogP contribution is 2.34. The second-order valence-electron chi connectivity index (χ2n) is 5.86. The van der Waals surface area contributed by atoms with E-state index in [1.807, 2.05) is 0 Å². The minimum absolute atomic E-state index is 0.0406. The summed E-state index contributed by atoms with van der Waals surface area (Å²) in [7, 11) is -3.38. The van der Waals surface area contributed by atoms with Crippen molar-refractivity contribution in [3.05, 3.63) is 53.6 Å². The van der Waals surface area contributed by atoms with E-state index in [2.05, 4.69) is 4.74 Å². The van der Waals surface area contributed by atoms with Crippen LogP contribution in [-0.4, -0.2) is 32.7 Å². The van der Waals surface area contributed by atoms with Gasteiger partial charge in [-0.05, 0) is 35.9 Å². The van der Waals surface area contributed by atoms with Crippen LogP contribution in [0.25, 0.3) is 0 Å². The maximum Gasteiger partial charge on any atom is 0.573 e. The summed E-state index contributed by atoms with van der Waals surface area (Å²) in [4.78, 5) is 25.5. The molecule has 0 aliphatic carbocycles. The molecule has 1 aliphatic rings. The summed E-state index contributed by atoms with van der Waals surface area (Å²) < 4.78 is 63.7. The number of alkyl halides is 3. The number of sulfone groups is 1. The van der Waals surface area contributed by atoms with Gasteiger partial charge in [-0.1, -0.05) is 12.1 Å². The number of ether oxygens (including phenoxy) is 1. The molecular formula is C17H12F3NO5S. The number of nitrogens with zero attached hydrogens (tertiary/aromatic N) is 1. The van der Waals surface area contributed by atoms with E-state index in [9.17, 15) is 31.2 Å². The van der Waals surface area contributed by atoms with Crippen molar-refractivity contribution in [2.24, 2.45) is 0 Å². The lowest BCUT2D eigenvalue weighted by Gasteiger charge is -2.17. The summed E-state index contributed by atoms with van der Waals surface area (Å²) in [5.74, 6) is -2.42. The normalized spacial score (nSPS) is 14.4. The Balaban J connectivity index is 1.88. The maximum absolute atomic E-state index is 12.3. The minimum Gasteiger partial charge on any atom is -0.406 e. The van der Waals surface area contributed by atoms with Crippen LogP contribution in [-0.2, 0) is 21.2 Å². The molecule has 0 fully saturated rings. The van der Waals surface area contributed by atoms with Gasteiger partial charge in [-0.15, -0.1) is 13.2 Å². The van der Waals surface area contributed by atoms with Crippen LogP contribution < -0.4 is 9.64 Å². The molecule has 0 spiro atoms. The van der Waals surface area contributed by atoms with E-state index in [0.717, 1.165) is 23.3 Å². The monoisotopic (exact) mass is 399 g/mol. The second-order valence-corrected chi connectivity index (χ2v) is 7.88. The first-order chi connectivity index (χ1) is 12.5. The molecule has 0 N–H and O–H groups in total. The quantitative estimate of drug-likeness (QED) is 0.739. The van der Waals surface area contributed by atoms with Gasteiger partial charge < -0.3 is 9.64 Å². The summed E-state index contributed by atoms with van der Waals surface area (Å²) in [5, 5.41) is 0. The van der Waals surface area contributed by atoms with Gasteiger partial charge in [0, 0.05) is 6.26 Å². The number of carbonyl (C=O) groups is 2. The number of hydrogen-bond donors (Lipinski definition) is 0. The third-order valence-electron chi connectivity index (χ3n) is 3.87. The molecule has 0 saturated heterocycles. The Morgan fingerprint density at radius 3 is 2.22 bits per heavy atom. The Hall–Kier alpha value is -2.88. The first kappa shape index (κ1) is 18.9. The number of ketones is 1. The van der Waals surface area contributed by atoms with Crippen molar-refractivity contribution >= 4 is 27.2 Å². The van der Waals surface area contributed by atoms with Gasteiger partial charge in [-0.25, -0.2) is 8.42 Å². The number of rotatable bonds is 4. The minimum atomic E-state index is -4.92. The molecule has 142 valence electrons. The van der Waals surface area contributed by atoms with E-state index >= 15 is 0 Å². The largest absolute Gasteiger partial charge is 0.573 e. The zero-order valence-electron chi connectivity index (χ0n) is 13.8. The van der Waals surface area contributed by atoms with E-state index in [1.165, 1.54) is 30.3 Å². The summed E-state index contributed by atoms with van der Waals surface area (Å²) in [6.07, 6.45) is -3.86. The standard InChI is InChI=1S/C17H12F3NO5S/c1-27(24,25)12-5-2-10(3-6-12)9-21-14-7-4-11(26-17(18,19)20)8-13(14)15(22)16(21)23/h2-8H,9H2,1H3. The molecule has 3 rings (SSSR count). The SMILES string of the molecule is CS(=O)(=O)c1ccc(CN2C(=O)C(=O)c3cc(OC(F)(F)F)ccc32)cc1. The van der Waals surface area contributed by atoms with E-state index in [-0.39, 0.29) is 22.7 Å². The first-order valence-electron chi connectivity index (χ1n) is 7.51. The van der Waals surface area contributed by atoms with Crippen LogP contribution in [0.2, 0.25) is 0 Å². The fourth-order valence-electron chi connectivity index (χ4n) is 2.66. The van der Waals surface area contributed by atoms with Crippen molar-refractivity contribution in [1.82, 2.24) is 0 Å². The van der Waals surface area contributed by atoms with Gasteiger partial charge in [0.25, 0.3) is 11.7 Å². The van der Waals surface area contributed by atoms with Gasteiger partial charge in [0.05, 0.1) is 22.7 Å². The fraction of sp³-hybridized carbons (Fsp3) is 0.176. The van der Waals surface area contributed by atoms with Crippen LogP contribution in [0.15, 0.2) is 47.4 Å². The van der Waals surface area contributed by atoms with Crippen molar-refractivity contribution in [3.8, 4) is 5.75 Å². The fourth-order valence-corrected chi connectivity index (χ4v) is 3.29. The number of hydrogen-bond acceptors (Lipinski definition) is 5. The van der Waals surface area contributed by atoms with Crippen molar-refractivity contribution in [3.63, 3.8) is 0 Å². The van der Waals surface area contributed by atoms with E-state index < -0.39 is 33.6 Å². The van der Waals surface area contributed by atoms with Crippen molar-refractivity contribution in [1.29, 1.82) is 0 Å². The molecule has 10 heteroatoms. The van der Waals surface area contributed by atoms with Crippen molar-refractivity contribution in [2.75, 3.05) is 11.2 Å². The molecule has 27 heavy (non-hydrogen) atoms. The highest BCUT2D eigenvalue weighted by Gasteiger charge is 2.37. The lowest BCUT2D eigenvalue weighted by Crippen LogP contribution is -2.29. The lowest BCUT2D eigenvalue weighted by atomic mass is 10.1. The topological polar surface area (TPSA) is 80.8 Å². The van der Waals surface area contributed by atoms with Gasteiger partial charge in [-0.2, -0.15) is 0 Å². The average molecular weight is 399 g/mol. The van der Waals surface area contributed by atoms with E-state index in [1.54, 1.807) is 0 Å². The zero-order valence-corrected chi connectivity index (χ0v) is 14.6. The Kier molecular flexibility index (Phi) is 4.46. The summed E-state index contributed by atoms with van der Waals surface area (Å²) in [6.45, 7) is -0.0406. The molecule has 0 atom stereocenters. The Morgan fingerprint density at radius 2 is 1.67 bits per heavy atom. The lowest BCUT2D eigenvalue weighted by molar-refractivity contribution is -0.274. The molecular weight excluding hydrogens is 387 g/mol. The molecule has 2 aromatic rings. The number of benzene rings is 2. The predicted octanol–water partition coefficient (Wildman–Crippen LogP) is 2.72. The van der Waals surface area contributed by atoms with Crippen LogP contribution >= 0.6 is 0 Å². The molecule has 2 aromatic carbocycles. The number of fused-ring (bicyclic) bond motifs is 1. The average Bonchev–Trinajstić information content (AvgIpc) is 2.78. The first-order valence-corrected chi connectivity index (χ1v) is 9.40. The smallest absolute Gasteiger partial charge is 0.406 e. The molecule has 0 saturated carbocycles.